The lowest BCUT2D eigenvalue weighted by molar-refractivity contribution is -0.156. The van der Waals surface area contributed by atoms with Gasteiger partial charge in [0.25, 0.3) is 0 Å². The highest BCUT2D eigenvalue weighted by molar-refractivity contribution is 6.35. The molecule has 0 aromatic carbocycles. The fourth-order valence-corrected chi connectivity index (χ4v) is 1.75. The minimum atomic E-state index is -1.00. The second-order valence-corrected chi connectivity index (χ2v) is 4.04. The lowest BCUT2D eigenvalue weighted by Gasteiger charge is -2.33. The molecular weight excluding hydrogens is 254 g/mol. The number of carbonyl (C=O) groups excluding carboxylic acids is 2. The standard InChI is InChI=1S/C10H15N5O4/c11-13-12-3-1-4-14-6-7-15(5-2-8(16)17)10(19)9(14)18/h1-7H2,(H,16,17). The number of amides is 2. The summed E-state index contributed by atoms with van der Waals surface area (Å²) in [5.74, 6) is -2.30. The van der Waals surface area contributed by atoms with Gasteiger partial charge in [0.05, 0.1) is 6.42 Å². The summed E-state index contributed by atoms with van der Waals surface area (Å²) in [4.78, 5) is 39.1. The first-order valence-corrected chi connectivity index (χ1v) is 5.87. The number of azide groups is 1. The number of hydrogen-bond acceptors (Lipinski definition) is 4. The third-order valence-corrected chi connectivity index (χ3v) is 2.74. The number of piperazine rings is 1. The second kappa shape index (κ2) is 7.22. The molecule has 9 nitrogen and oxygen atoms in total. The monoisotopic (exact) mass is 269 g/mol. The smallest absolute Gasteiger partial charge is 0.312 e. The van der Waals surface area contributed by atoms with Crippen LogP contribution in [0.25, 0.3) is 10.4 Å². The molecule has 0 aromatic rings. The molecule has 1 fully saturated rings. The van der Waals surface area contributed by atoms with Gasteiger partial charge in [-0.1, -0.05) is 5.11 Å². The van der Waals surface area contributed by atoms with E-state index in [1.807, 2.05) is 0 Å². The van der Waals surface area contributed by atoms with Gasteiger partial charge in [-0.15, -0.1) is 0 Å². The van der Waals surface area contributed by atoms with E-state index in [4.69, 9.17) is 10.6 Å². The van der Waals surface area contributed by atoms with Crippen molar-refractivity contribution in [3.05, 3.63) is 10.4 Å². The Morgan fingerprint density at radius 2 is 1.84 bits per heavy atom. The first-order valence-electron chi connectivity index (χ1n) is 5.87. The van der Waals surface area contributed by atoms with E-state index in [2.05, 4.69) is 10.0 Å². The van der Waals surface area contributed by atoms with Crippen LogP contribution in [0.5, 0.6) is 0 Å². The Morgan fingerprint density at radius 1 is 1.26 bits per heavy atom. The Bertz CT molecular complexity index is 418. The van der Waals surface area contributed by atoms with Gasteiger partial charge in [0, 0.05) is 37.6 Å². The van der Waals surface area contributed by atoms with E-state index < -0.39 is 17.8 Å². The van der Waals surface area contributed by atoms with E-state index in [1.54, 1.807) is 0 Å². The first-order chi connectivity index (χ1) is 9.06. The molecule has 0 bridgehead atoms. The zero-order valence-electron chi connectivity index (χ0n) is 10.4. The van der Waals surface area contributed by atoms with Gasteiger partial charge in [-0.3, -0.25) is 14.4 Å². The maximum Gasteiger partial charge on any atom is 0.312 e. The van der Waals surface area contributed by atoms with Gasteiger partial charge < -0.3 is 14.9 Å². The number of carbonyl (C=O) groups is 3. The molecule has 0 aromatic heterocycles. The minimum Gasteiger partial charge on any atom is -0.481 e. The van der Waals surface area contributed by atoms with Gasteiger partial charge in [0.2, 0.25) is 0 Å². The van der Waals surface area contributed by atoms with Gasteiger partial charge in [0.1, 0.15) is 0 Å². The Morgan fingerprint density at radius 3 is 2.37 bits per heavy atom. The van der Waals surface area contributed by atoms with E-state index in [9.17, 15) is 14.4 Å². The van der Waals surface area contributed by atoms with Crippen LogP contribution in [0.2, 0.25) is 0 Å². The lowest BCUT2D eigenvalue weighted by atomic mass is 10.2. The molecule has 2 amide bonds. The predicted octanol–water partition coefficient (Wildman–Crippen LogP) is -0.168. The summed E-state index contributed by atoms with van der Waals surface area (Å²) in [6, 6.07) is 0. The SMILES string of the molecule is [N-]=[N+]=NCCCN1CCN(CCC(=O)O)C(=O)C1=O. The molecule has 1 aliphatic heterocycles. The molecule has 1 N–H and O–H groups in total. The molecule has 0 spiro atoms. The van der Waals surface area contributed by atoms with Crippen LogP contribution in [0, 0.1) is 0 Å². The van der Waals surface area contributed by atoms with E-state index in [0.717, 1.165) is 0 Å². The third-order valence-electron chi connectivity index (χ3n) is 2.74. The van der Waals surface area contributed by atoms with Crippen LogP contribution in [0.3, 0.4) is 0 Å². The molecule has 9 heteroatoms. The van der Waals surface area contributed by atoms with Crippen LogP contribution in [-0.4, -0.2) is 65.4 Å². The maximum atomic E-state index is 11.7. The van der Waals surface area contributed by atoms with Crippen molar-refractivity contribution in [2.24, 2.45) is 5.11 Å². The average Bonchev–Trinajstić information content (AvgIpc) is 2.38. The van der Waals surface area contributed by atoms with Gasteiger partial charge in [0.15, 0.2) is 0 Å². The van der Waals surface area contributed by atoms with E-state index in [0.29, 0.717) is 26.1 Å². The number of aliphatic carboxylic acids is 1. The molecule has 104 valence electrons. The molecule has 1 rings (SSSR count). The number of nitrogens with zero attached hydrogens (tertiary/aromatic N) is 5. The quantitative estimate of drug-likeness (QED) is 0.226. The summed E-state index contributed by atoms with van der Waals surface area (Å²) in [5.41, 5.74) is 8.10. The van der Waals surface area contributed by atoms with Crippen LogP contribution >= 0.6 is 0 Å². The highest BCUT2D eigenvalue weighted by Gasteiger charge is 2.31. The van der Waals surface area contributed by atoms with E-state index >= 15 is 0 Å². The Hall–Kier alpha value is -2.28. The van der Waals surface area contributed by atoms with Crippen molar-refractivity contribution in [2.45, 2.75) is 12.8 Å². The minimum absolute atomic E-state index is 0.0481. The predicted molar refractivity (Wildman–Crippen MR) is 64.0 cm³/mol. The summed E-state index contributed by atoms with van der Waals surface area (Å²) in [5, 5.41) is 11.9. The first kappa shape index (κ1) is 14.8. The molecule has 1 aliphatic rings. The van der Waals surface area contributed by atoms with Crippen molar-refractivity contribution >= 4 is 17.8 Å². The molecule has 0 atom stereocenters. The van der Waals surface area contributed by atoms with E-state index in [-0.39, 0.29) is 19.5 Å². The molecule has 19 heavy (non-hydrogen) atoms. The van der Waals surface area contributed by atoms with Gasteiger partial charge >= 0.3 is 17.8 Å². The second-order valence-electron chi connectivity index (χ2n) is 4.04. The van der Waals surface area contributed by atoms with Gasteiger partial charge in [-0.2, -0.15) is 0 Å². The fraction of sp³-hybridized carbons (Fsp3) is 0.700. The molecule has 1 saturated heterocycles. The zero-order chi connectivity index (χ0) is 14.3. The average molecular weight is 269 g/mol. The number of carboxylic acids is 1. The largest absolute Gasteiger partial charge is 0.481 e. The van der Waals surface area contributed by atoms with Crippen molar-refractivity contribution in [3.63, 3.8) is 0 Å². The fourth-order valence-electron chi connectivity index (χ4n) is 1.75. The Balaban J connectivity index is 2.43. The van der Waals surface area contributed by atoms with Crippen LogP contribution in [0.1, 0.15) is 12.8 Å². The summed E-state index contributed by atoms with van der Waals surface area (Å²) < 4.78 is 0. The van der Waals surface area contributed by atoms with Crippen LogP contribution in [0.4, 0.5) is 0 Å². The van der Waals surface area contributed by atoms with Crippen LogP contribution in [-0.2, 0) is 14.4 Å². The summed E-state index contributed by atoms with van der Waals surface area (Å²) in [6.45, 7) is 1.39. The molecule has 0 unspecified atom stereocenters. The Labute approximate surface area is 109 Å². The normalized spacial score (nSPS) is 15.4. The van der Waals surface area contributed by atoms with E-state index in [1.165, 1.54) is 9.80 Å². The van der Waals surface area contributed by atoms with Crippen molar-refractivity contribution < 1.29 is 19.5 Å². The van der Waals surface area contributed by atoms with Crippen molar-refractivity contribution in [2.75, 3.05) is 32.7 Å². The molecule has 0 saturated carbocycles. The topological polar surface area (TPSA) is 127 Å². The Kier molecular flexibility index (Phi) is 5.62. The molecule has 0 radical (unpaired) electrons. The van der Waals surface area contributed by atoms with Crippen LogP contribution in [0.15, 0.2) is 5.11 Å². The lowest BCUT2D eigenvalue weighted by Crippen LogP contribution is -2.54. The number of carboxylic acid groups (broad SMARTS) is 1. The maximum absolute atomic E-state index is 11.7. The summed E-state index contributed by atoms with van der Waals surface area (Å²) in [7, 11) is 0. The van der Waals surface area contributed by atoms with Crippen molar-refractivity contribution in [1.29, 1.82) is 0 Å². The highest BCUT2D eigenvalue weighted by Crippen LogP contribution is 2.06. The highest BCUT2D eigenvalue weighted by atomic mass is 16.4. The third kappa shape index (κ3) is 4.47. The van der Waals surface area contributed by atoms with Crippen molar-refractivity contribution in [1.82, 2.24) is 9.80 Å². The molecule has 0 aliphatic carbocycles. The summed E-state index contributed by atoms with van der Waals surface area (Å²) >= 11 is 0. The number of hydrogen-bond donors (Lipinski definition) is 1. The van der Waals surface area contributed by atoms with Crippen molar-refractivity contribution in [3.8, 4) is 0 Å². The van der Waals surface area contributed by atoms with Gasteiger partial charge in [-0.05, 0) is 12.0 Å². The number of rotatable bonds is 7. The summed E-state index contributed by atoms with van der Waals surface area (Å²) in [6.07, 6.45) is 0.327. The zero-order valence-corrected chi connectivity index (χ0v) is 10.4. The molecule has 1 heterocycles. The van der Waals surface area contributed by atoms with Gasteiger partial charge in [-0.25, -0.2) is 0 Å². The molecular formula is C10H15N5O4. The van der Waals surface area contributed by atoms with Crippen LogP contribution < -0.4 is 0 Å².